The highest BCUT2D eigenvalue weighted by Crippen LogP contribution is 2.23. The second-order valence-electron chi connectivity index (χ2n) is 4.97. The van der Waals surface area contributed by atoms with Crippen molar-refractivity contribution in [1.82, 2.24) is 4.90 Å². The SMILES string of the molecule is COC1CCN(Cc2cc(Cl)c(F)c(CN)c2)CC1. The summed E-state index contributed by atoms with van der Waals surface area (Å²) in [5.74, 6) is -0.397. The van der Waals surface area contributed by atoms with Crippen LogP contribution in [0.1, 0.15) is 24.0 Å². The summed E-state index contributed by atoms with van der Waals surface area (Å²) in [5, 5.41) is 0.157. The molecule has 1 aromatic rings. The first-order valence-electron chi connectivity index (χ1n) is 6.56. The summed E-state index contributed by atoms with van der Waals surface area (Å²) in [7, 11) is 1.76. The number of hydrogen-bond donors (Lipinski definition) is 1. The normalized spacial score (nSPS) is 17.9. The standard InChI is InChI=1S/C14H20ClFN2O/c1-19-12-2-4-18(5-3-12)9-10-6-11(8-17)14(16)13(15)7-10/h6-7,12H,2-5,8-9,17H2,1H3. The molecule has 0 bridgehead atoms. The molecule has 0 atom stereocenters. The van der Waals surface area contributed by atoms with Gasteiger partial charge >= 0.3 is 0 Å². The molecule has 1 fully saturated rings. The van der Waals surface area contributed by atoms with E-state index in [0.717, 1.165) is 38.0 Å². The van der Waals surface area contributed by atoms with Crippen LogP contribution in [0.4, 0.5) is 4.39 Å². The molecule has 1 aliphatic heterocycles. The van der Waals surface area contributed by atoms with Crippen LogP contribution in [0.5, 0.6) is 0 Å². The van der Waals surface area contributed by atoms with Gasteiger partial charge in [0.05, 0.1) is 11.1 Å². The first-order valence-corrected chi connectivity index (χ1v) is 6.94. The maximum atomic E-state index is 13.6. The minimum Gasteiger partial charge on any atom is -0.381 e. The molecule has 0 saturated carbocycles. The number of hydrogen-bond acceptors (Lipinski definition) is 3. The van der Waals surface area contributed by atoms with Crippen molar-refractivity contribution in [3.05, 3.63) is 34.1 Å². The van der Waals surface area contributed by atoms with E-state index < -0.39 is 5.82 Å². The first-order chi connectivity index (χ1) is 9.13. The van der Waals surface area contributed by atoms with Crippen LogP contribution >= 0.6 is 11.6 Å². The Morgan fingerprint density at radius 3 is 2.68 bits per heavy atom. The number of likely N-dealkylation sites (tertiary alicyclic amines) is 1. The maximum Gasteiger partial charge on any atom is 0.146 e. The number of halogens is 2. The lowest BCUT2D eigenvalue weighted by atomic mass is 10.1. The fourth-order valence-electron chi connectivity index (χ4n) is 2.51. The molecular formula is C14H20ClFN2O. The van der Waals surface area contributed by atoms with Gasteiger partial charge in [-0.2, -0.15) is 0 Å². The molecule has 1 heterocycles. The average Bonchev–Trinajstić information content (AvgIpc) is 2.43. The fourth-order valence-corrected chi connectivity index (χ4v) is 2.77. The van der Waals surface area contributed by atoms with E-state index >= 15 is 0 Å². The van der Waals surface area contributed by atoms with E-state index in [1.54, 1.807) is 13.2 Å². The van der Waals surface area contributed by atoms with Gasteiger partial charge in [0.25, 0.3) is 0 Å². The number of methoxy groups -OCH3 is 1. The van der Waals surface area contributed by atoms with Crippen molar-refractivity contribution >= 4 is 11.6 Å². The lowest BCUT2D eigenvalue weighted by Gasteiger charge is -2.31. The first kappa shape index (κ1) is 14.7. The molecule has 0 spiro atoms. The fraction of sp³-hybridized carbons (Fsp3) is 0.571. The van der Waals surface area contributed by atoms with Gasteiger partial charge in [-0.25, -0.2) is 4.39 Å². The Kier molecular flexibility index (Phi) is 5.16. The number of nitrogens with two attached hydrogens (primary N) is 1. The van der Waals surface area contributed by atoms with Gasteiger partial charge in [0, 0.05) is 38.9 Å². The molecular weight excluding hydrogens is 267 g/mol. The van der Waals surface area contributed by atoms with Gasteiger partial charge in [0.15, 0.2) is 0 Å². The summed E-state index contributed by atoms with van der Waals surface area (Å²) in [6.07, 6.45) is 2.44. The Morgan fingerprint density at radius 2 is 2.11 bits per heavy atom. The van der Waals surface area contributed by atoms with Crippen LogP contribution in [-0.2, 0) is 17.8 Å². The van der Waals surface area contributed by atoms with E-state index in [1.165, 1.54) is 0 Å². The van der Waals surface area contributed by atoms with Crippen LogP contribution in [0, 0.1) is 5.82 Å². The molecule has 0 aromatic heterocycles. The maximum absolute atomic E-state index is 13.6. The Labute approximate surface area is 118 Å². The third-order valence-electron chi connectivity index (χ3n) is 3.66. The zero-order valence-corrected chi connectivity index (χ0v) is 11.9. The van der Waals surface area contributed by atoms with Gasteiger partial charge in [0.2, 0.25) is 0 Å². The van der Waals surface area contributed by atoms with Crippen LogP contribution in [0.3, 0.4) is 0 Å². The van der Waals surface area contributed by atoms with Crippen LogP contribution < -0.4 is 5.73 Å². The van der Waals surface area contributed by atoms with Gasteiger partial charge in [-0.3, -0.25) is 4.90 Å². The van der Waals surface area contributed by atoms with E-state index in [2.05, 4.69) is 4.90 Å². The highest BCUT2D eigenvalue weighted by molar-refractivity contribution is 6.30. The summed E-state index contributed by atoms with van der Waals surface area (Å²) in [6, 6.07) is 3.50. The summed E-state index contributed by atoms with van der Waals surface area (Å²) in [4.78, 5) is 2.33. The van der Waals surface area contributed by atoms with Crippen LogP contribution in [0.25, 0.3) is 0 Å². The quantitative estimate of drug-likeness (QED) is 0.924. The van der Waals surface area contributed by atoms with E-state index in [1.807, 2.05) is 6.07 Å². The predicted molar refractivity (Wildman–Crippen MR) is 74.6 cm³/mol. The van der Waals surface area contributed by atoms with E-state index in [-0.39, 0.29) is 11.6 Å². The molecule has 19 heavy (non-hydrogen) atoms. The number of piperidine rings is 1. The van der Waals surface area contributed by atoms with Crippen LogP contribution in [0.15, 0.2) is 12.1 Å². The second kappa shape index (κ2) is 6.66. The molecule has 1 aromatic carbocycles. The zero-order chi connectivity index (χ0) is 13.8. The molecule has 1 aliphatic rings. The Bertz CT molecular complexity index is 434. The number of ether oxygens (including phenoxy) is 1. The summed E-state index contributed by atoms with van der Waals surface area (Å²) < 4.78 is 19.0. The monoisotopic (exact) mass is 286 g/mol. The Morgan fingerprint density at radius 1 is 1.42 bits per heavy atom. The van der Waals surface area contributed by atoms with Crippen molar-refractivity contribution in [3.63, 3.8) is 0 Å². The van der Waals surface area contributed by atoms with Crippen molar-refractivity contribution in [2.75, 3.05) is 20.2 Å². The number of benzene rings is 1. The van der Waals surface area contributed by atoms with E-state index in [4.69, 9.17) is 22.1 Å². The van der Waals surface area contributed by atoms with Gasteiger partial charge in [0.1, 0.15) is 5.82 Å². The Balaban J connectivity index is 2.02. The molecule has 1 saturated heterocycles. The zero-order valence-electron chi connectivity index (χ0n) is 11.2. The predicted octanol–water partition coefficient (Wildman–Crippen LogP) is 2.55. The summed E-state index contributed by atoms with van der Waals surface area (Å²) in [5.41, 5.74) is 7.03. The van der Waals surface area contributed by atoms with Gasteiger partial charge in [-0.05, 0) is 24.5 Å². The molecule has 0 unspecified atom stereocenters. The molecule has 2 N–H and O–H groups in total. The smallest absolute Gasteiger partial charge is 0.146 e. The third-order valence-corrected chi connectivity index (χ3v) is 3.93. The molecule has 0 amide bonds. The van der Waals surface area contributed by atoms with E-state index in [9.17, 15) is 4.39 Å². The minimum absolute atomic E-state index is 0.157. The summed E-state index contributed by atoms with van der Waals surface area (Å²) in [6.45, 7) is 2.94. The van der Waals surface area contributed by atoms with Crippen molar-refractivity contribution in [3.8, 4) is 0 Å². The lowest BCUT2D eigenvalue weighted by Crippen LogP contribution is -2.36. The lowest BCUT2D eigenvalue weighted by molar-refractivity contribution is 0.0388. The molecule has 2 rings (SSSR count). The van der Waals surface area contributed by atoms with Crippen molar-refractivity contribution in [2.24, 2.45) is 5.73 Å². The van der Waals surface area contributed by atoms with E-state index in [0.29, 0.717) is 11.7 Å². The summed E-state index contributed by atoms with van der Waals surface area (Å²) >= 11 is 5.89. The molecule has 5 heteroatoms. The average molecular weight is 287 g/mol. The Hall–Kier alpha value is -0.680. The molecule has 106 valence electrons. The highest BCUT2D eigenvalue weighted by Gasteiger charge is 2.19. The largest absolute Gasteiger partial charge is 0.381 e. The minimum atomic E-state index is -0.397. The van der Waals surface area contributed by atoms with Crippen LogP contribution in [0.2, 0.25) is 5.02 Å². The topological polar surface area (TPSA) is 38.5 Å². The highest BCUT2D eigenvalue weighted by atomic mass is 35.5. The van der Waals surface area contributed by atoms with Crippen LogP contribution in [-0.4, -0.2) is 31.2 Å². The number of rotatable bonds is 4. The second-order valence-corrected chi connectivity index (χ2v) is 5.37. The molecule has 3 nitrogen and oxygen atoms in total. The van der Waals surface area contributed by atoms with Gasteiger partial charge in [-0.15, -0.1) is 0 Å². The van der Waals surface area contributed by atoms with Gasteiger partial charge < -0.3 is 10.5 Å². The third kappa shape index (κ3) is 3.66. The van der Waals surface area contributed by atoms with Gasteiger partial charge in [-0.1, -0.05) is 17.7 Å². The molecule has 0 radical (unpaired) electrons. The van der Waals surface area contributed by atoms with Crippen molar-refractivity contribution < 1.29 is 9.13 Å². The molecule has 0 aliphatic carbocycles. The van der Waals surface area contributed by atoms with Crippen molar-refractivity contribution in [1.29, 1.82) is 0 Å². The van der Waals surface area contributed by atoms with Crippen molar-refractivity contribution in [2.45, 2.75) is 32.0 Å². The number of nitrogens with zero attached hydrogens (tertiary/aromatic N) is 1.